The zero-order valence-corrected chi connectivity index (χ0v) is 7.01. The van der Waals surface area contributed by atoms with Crippen molar-refractivity contribution < 1.29 is 0 Å². The predicted octanol–water partition coefficient (Wildman–Crippen LogP) is 0.841. The Labute approximate surface area is 63.7 Å². The fourth-order valence-corrected chi connectivity index (χ4v) is 0.845. The fraction of sp³-hybridized carbons (Fsp3) is 0.750. The van der Waals surface area contributed by atoms with Crippen LogP contribution in [0.5, 0.6) is 0 Å². The molecule has 0 aliphatic carbocycles. The van der Waals surface area contributed by atoms with Gasteiger partial charge in [-0.05, 0) is 26.9 Å². The molecule has 10 heavy (non-hydrogen) atoms. The summed E-state index contributed by atoms with van der Waals surface area (Å²) >= 11 is 0. The zero-order valence-electron chi connectivity index (χ0n) is 7.01. The van der Waals surface area contributed by atoms with Crippen molar-refractivity contribution in [3.05, 3.63) is 12.7 Å². The van der Waals surface area contributed by atoms with Crippen LogP contribution >= 0.6 is 0 Å². The molecular formula is C8H18N2. The molecule has 2 nitrogen and oxygen atoms in total. The fourth-order valence-electron chi connectivity index (χ4n) is 0.845. The summed E-state index contributed by atoms with van der Waals surface area (Å²) in [7, 11) is 2.09. The van der Waals surface area contributed by atoms with Gasteiger partial charge in [0.25, 0.3) is 0 Å². The highest BCUT2D eigenvalue weighted by Gasteiger charge is 2.04. The number of rotatable bonds is 5. The Morgan fingerprint density at radius 2 is 2.30 bits per heavy atom. The second-order valence-electron chi connectivity index (χ2n) is 2.65. The van der Waals surface area contributed by atoms with Crippen LogP contribution in [-0.2, 0) is 0 Å². The topological polar surface area (TPSA) is 29.3 Å². The molecule has 0 fully saturated rings. The van der Waals surface area contributed by atoms with Crippen molar-refractivity contribution in [1.29, 1.82) is 0 Å². The van der Waals surface area contributed by atoms with E-state index in [1.807, 2.05) is 6.08 Å². The van der Waals surface area contributed by atoms with Crippen molar-refractivity contribution in [2.75, 3.05) is 20.1 Å². The van der Waals surface area contributed by atoms with E-state index < -0.39 is 0 Å². The third kappa shape index (κ3) is 3.64. The van der Waals surface area contributed by atoms with Crippen LogP contribution in [0.15, 0.2) is 12.7 Å². The summed E-state index contributed by atoms with van der Waals surface area (Å²) in [4.78, 5) is 2.24. The molecule has 0 aliphatic heterocycles. The summed E-state index contributed by atoms with van der Waals surface area (Å²) < 4.78 is 0. The van der Waals surface area contributed by atoms with E-state index in [9.17, 15) is 0 Å². The van der Waals surface area contributed by atoms with Crippen molar-refractivity contribution in [2.45, 2.75) is 19.4 Å². The van der Waals surface area contributed by atoms with E-state index >= 15 is 0 Å². The number of hydrogen-bond donors (Lipinski definition) is 1. The smallest absolute Gasteiger partial charge is 0.0160 e. The molecule has 0 aromatic rings. The van der Waals surface area contributed by atoms with Crippen molar-refractivity contribution in [1.82, 2.24) is 4.90 Å². The molecule has 0 rings (SSSR count). The van der Waals surface area contributed by atoms with E-state index in [-0.39, 0.29) is 0 Å². The van der Waals surface area contributed by atoms with Gasteiger partial charge in [0.15, 0.2) is 0 Å². The van der Waals surface area contributed by atoms with E-state index in [1.54, 1.807) is 0 Å². The van der Waals surface area contributed by atoms with Gasteiger partial charge < -0.3 is 10.6 Å². The Morgan fingerprint density at radius 3 is 2.70 bits per heavy atom. The van der Waals surface area contributed by atoms with Crippen molar-refractivity contribution in [3.63, 3.8) is 0 Å². The maximum Gasteiger partial charge on any atom is 0.0160 e. The van der Waals surface area contributed by atoms with Crippen LogP contribution in [0.4, 0.5) is 0 Å². The van der Waals surface area contributed by atoms with Crippen LogP contribution in [0.25, 0.3) is 0 Å². The van der Waals surface area contributed by atoms with Gasteiger partial charge in [-0.2, -0.15) is 0 Å². The average molecular weight is 142 g/mol. The molecule has 60 valence electrons. The molecule has 0 heterocycles. The lowest BCUT2D eigenvalue weighted by Gasteiger charge is -2.22. The number of nitrogens with zero attached hydrogens (tertiary/aromatic N) is 1. The Bertz CT molecular complexity index is 91.3. The Morgan fingerprint density at radius 1 is 1.70 bits per heavy atom. The summed E-state index contributed by atoms with van der Waals surface area (Å²) in [5.74, 6) is 0. The normalized spacial score (nSPS) is 13.6. The predicted molar refractivity (Wildman–Crippen MR) is 46.0 cm³/mol. The maximum absolute atomic E-state index is 5.41. The molecule has 0 bridgehead atoms. The molecule has 0 aromatic heterocycles. The SMILES string of the molecule is C=CCN(C)C(C)CCN. The highest BCUT2D eigenvalue weighted by Crippen LogP contribution is 1.98. The first-order chi connectivity index (χ1) is 4.72. The molecular weight excluding hydrogens is 124 g/mol. The number of nitrogens with two attached hydrogens (primary N) is 1. The molecule has 0 radical (unpaired) electrons. The molecule has 0 spiro atoms. The second-order valence-corrected chi connectivity index (χ2v) is 2.65. The van der Waals surface area contributed by atoms with Gasteiger partial charge in [-0.1, -0.05) is 6.08 Å². The first-order valence-electron chi connectivity index (χ1n) is 3.73. The van der Waals surface area contributed by atoms with E-state index in [1.165, 1.54) is 0 Å². The Hall–Kier alpha value is -0.340. The van der Waals surface area contributed by atoms with Crippen molar-refractivity contribution >= 4 is 0 Å². The Balaban J connectivity index is 3.47. The highest BCUT2D eigenvalue weighted by molar-refractivity contribution is 4.74. The average Bonchev–Trinajstić information content (AvgIpc) is 1.89. The number of likely N-dealkylation sites (N-methyl/N-ethyl adjacent to an activating group) is 1. The van der Waals surface area contributed by atoms with Crippen LogP contribution < -0.4 is 5.73 Å². The highest BCUT2D eigenvalue weighted by atomic mass is 15.1. The maximum atomic E-state index is 5.41. The molecule has 0 aromatic carbocycles. The van der Waals surface area contributed by atoms with Crippen molar-refractivity contribution in [2.24, 2.45) is 5.73 Å². The van der Waals surface area contributed by atoms with Gasteiger partial charge in [0.05, 0.1) is 0 Å². The lowest BCUT2D eigenvalue weighted by Crippen LogP contribution is -2.30. The van der Waals surface area contributed by atoms with E-state index in [0.29, 0.717) is 6.04 Å². The molecule has 2 heteroatoms. The van der Waals surface area contributed by atoms with E-state index in [0.717, 1.165) is 19.5 Å². The number of hydrogen-bond acceptors (Lipinski definition) is 2. The molecule has 0 amide bonds. The van der Waals surface area contributed by atoms with Gasteiger partial charge in [-0.3, -0.25) is 0 Å². The third-order valence-electron chi connectivity index (χ3n) is 1.75. The molecule has 0 aliphatic rings. The van der Waals surface area contributed by atoms with Gasteiger partial charge in [0.1, 0.15) is 0 Å². The Kier molecular flexibility index (Phi) is 5.26. The quantitative estimate of drug-likeness (QED) is 0.576. The first-order valence-corrected chi connectivity index (χ1v) is 3.73. The standard InChI is InChI=1S/C8H18N2/c1-4-7-10(3)8(2)5-6-9/h4,8H,1,5-7,9H2,2-3H3. The van der Waals surface area contributed by atoms with E-state index in [4.69, 9.17) is 5.73 Å². The first kappa shape index (κ1) is 9.66. The molecule has 1 unspecified atom stereocenters. The van der Waals surface area contributed by atoms with Crippen molar-refractivity contribution in [3.8, 4) is 0 Å². The lowest BCUT2D eigenvalue weighted by molar-refractivity contribution is 0.274. The van der Waals surface area contributed by atoms with Gasteiger partial charge in [0, 0.05) is 12.6 Å². The van der Waals surface area contributed by atoms with Crippen LogP contribution in [0.3, 0.4) is 0 Å². The van der Waals surface area contributed by atoms with Crippen LogP contribution in [0.2, 0.25) is 0 Å². The molecule has 2 N–H and O–H groups in total. The van der Waals surface area contributed by atoms with Crippen LogP contribution in [-0.4, -0.2) is 31.1 Å². The third-order valence-corrected chi connectivity index (χ3v) is 1.75. The second kappa shape index (κ2) is 5.45. The van der Waals surface area contributed by atoms with Gasteiger partial charge in [-0.15, -0.1) is 6.58 Å². The summed E-state index contributed by atoms with van der Waals surface area (Å²) in [5, 5.41) is 0. The minimum atomic E-state index is 0.572. The van der Waals surface area contributed by atoms with Gasteiger partial charge in [0.2, 0.25) is 0 Å². The summed E-state index contributed by atoms with van der Waals surface area (Å²) in [5.41, 5.74) is 5.41. The minimum Gasteiger partial charge on any atom is -0.330 e. The molecule has 0 saturated carbocycles. The van der Waals surface area contributed by atoms with Gasteiger partial charge in [-0.25, -0.2) is 0 Å². The summed E-state index contributed by atoms with van der Waals surface area (Å²) in [6.45, 7) is 7.56. The lowest BCUT2D eigenvalue weighted by atomic mass is 10.2. The molecule has 0 saturated heterocycles. The van der Waals surface area contributed by atoms with E-state index in [2.05, 4.69) is 25.5 Å². The largest absolute Gasteiger partial charge is 0.330 e. The summed E-state index contributed by atoms with van der Waals surface area (Å²) in [6.07, 6.45) is 2.97. The minimum absolute atomic E-state index is 0.572. The monoisotopic (exact) mass is 142 g/mol. The summed E-state index contributed by atoms with van der Waals surface area (Å²) in [6, 6.07) is 0.572. The molecule has 1 atom stereocenters. The van der Waals surface area contributed by atoms with Crippen LogP contribution in [0.1, 0.15) is 13.3 Å². The zero-order chi connectivity index (χ0) is 7.98. The van der Waals surface area contributed by atoms with Crippen LogP contribution in [0, 0.1) is 0 Å². The van der Waals surface area contributed by atoms with Gasteiger partial charge >= 0.3 is 0 Å².